The van der Waals surface area contributed by atoms with E-state index in [9.17, 15) is 28.3 Å². The summed E-state index contributed by atoms with van der Waals surface area (Å²) in [6, 6.07) is 2.93. The van der Waals surface area contributed by atoms with E-state index in [1.54, 1.807) is 0 Å². The van der Waals surface area contributed by atoms with E-state index in [0.29, 0.717) is 12.6 Å². The van der Waals surface area contributed by atoms with Crippen LogP contribution in [-0.2, 0) is 17.8 Å². The van der Waals surface area contributed by atoms with Gasteiger partial charge >= 0.3 is 0 Å². The van der Waals surface area contributed by atoms with Crippen LogP contribution in [0.4, 0.5) is 8.78 Å². The van der Waals surface area contributed by atoms with E-state index in [2.05, 4.69) is 12.2 Å². The van der Waals surface area contributed by atoms with Crippen molar-refractivity contribution in [2.75, 3.05) is 6.54 Å². The Hall–Kier alpha value is -3.27. The molecule has 0 bridgehead atoms. The zero-order chi connectivity index (χ0) is 23.7. The molecule has 33 heavy (non-hydrogen) atoms. The lowest BCUT2D eigenvalue weighted by Crippen LogP contribution is -2.46. The number of hydrogen-bond acceptors (Lipinski definition) is 5. The molecule has 2 amide bonds. The Kier molecular flexibility index (Phi) is 6.46. The van der Waals surface area contributed by atoms with E-state index in [0.717, 1.165) is 31.7 Å². The number of nitrogens with zero attached hydrogens (tertiary/aromatic N) is 2. The molecule has 1 unspecified atom stereocenters. The van der Waals surface area contributed by atoms with Crippen molar-refractivity contribution in [3.63, 3.8) is 0 Å². The molecule has 8 nitrogen and oxygen atoms in total. The first-order valence-electron chi connectivity index (χ1n) is 10.9. The highest BCUT2D eigenvalue weighted by molar-refractivity contribution is 5.99. The molecule has 0 radical (unpaired) electrons. The third-order valence-electron chi connectivity index (χ3n) is 6.00. The monoisotopic (exact) mass is 461 g/mol. The predicted octanol–water partition coefficient (Wildman–Crippen LogP) is 2.52. The van der Waals surface area contributed by atoms with Crippen LogP contribution in [-0.4, -0.2) is 45.3 Å². The molecular weight excluding hydrogens is 436 g/mol. The highest BCUT2D eigenvalue weighted by atomic mass is 19.1. The minimum absolute atomic E-state index is 0.0336. The van der Waals surface area contributed by atoms with E-state index >= 15 is 0 Å². The Balaban J connectivity index is 1.53. The summed E-state index contributed by atoms with van der Waals surface area (Å²) in [4.78, 5) is 39.7. The summed E-state index contributed by atoms with van der Waals surface area (Å²) in [5.74, 6) is -3.78. The molecule has 3 heterocycles. The quantitative estimate of drug-likeness (QED) is 0.618. The smallest absolute Gasteiger partial charge is 0.276 e. The Labute approximate surface area is 188 Å². The van der Waals surface area contributed by atoms with E-state index in [1.807, 2.05) is 0 Å². The fourth-order valence-corrected chi connectivity index (χ4v) is 4.23. The summed E-state index contributed by atoms with van der Waals surface area (Å²) in [5, 5.41) is 12.9. The number of amides is 2. The van der Waals surface area contributed by atoms with Crippen LogP contribution in [0.1, 0.15) is 59.0 Å². The molecular formula is C23H25F2N3O5. The third-order valence-corrected chi connectivity index (χ3v) is 6.00. The van der Waals surface area contributed by atoms with Crippen LogP contribution in [0.3, 0.4) is 0 Å². The molecule has 0 saturated carbocycles. The number of hydrogen-bond donors (Lipinski definition) is 2. The van der Waals surface area contributed by atoms with Crippen LogP contribution in [0, 0.1) is 11.6 Å². The molecule has 1 saturated heterocycles. The molecule has 2 aliphatic heterocycles. The van der Waals surface area contributed by atoms with Crippen molar-refractivity contribution >= 4 is 11.8 Å². The van der Waals surface area contributed by atoms with Crippen LogP contribution >= 0.6 is 0 Å². The maximum Gasteiger partial charge on any atom is 0.276 e. The maximum absolute atomic E-state index is 13.8. The minimum Gasteiger partial charge on any atom is -0.503 e. The lowest BCUT2D eigenvalue weighted by atomic mass is 10.1. The molecule has 176 valence electrons. The number of pyridine rings is 1. The van der Waals surface area contributed by atoms with Gasteiger partial charge in [0.25, 0.3) is 11.8 Å². The Morgan fingerprint density at radius 1 is 1.24 bits per heavy atom. The number of carbonyl (C=O) groups excluding carboxylic acids is 2. The lowest BCUT2D eigenvalue weighted by molar-refractivity contribution is -0.0168. The standard InChI is InChI=1S/C23H25F2N3O5/c1-2-3-4-5-15-10-28-18(33-15)12-27-11-16(20(29)21(30)19(27)23(28)32)22(31)26-9-13-6-7-14(24)8-17(13)25/h6-8,11,15,18,30H,2-5,9-10,12H2,1H3,(H,26,31)/t15-,18?/m0/s1. The third kappa shape index (κ3) is 4.47. The normalized spacial score (nSPS) is 19.4. The lowest BCUT2D eigenvalue weighted by Gasteiger charge is -2.31. The van der Waals surface area contributed by atoms with Crippen molar-refractivity contribution < 1.29 is 28.2 Å². The van der Waals surface area contributed by atoms with Crippen molar-refractivity contribution in [2.24, 2.45) is 0 Å². The van der Waals surface area contributed by atoms with Crippen molar-refractivity contribution in [2.45, 2.75) is 58.0 Å². The topological polar surface area (TPSA) is 101 Å². The summed E-state index contributed by atoms with van der Waals surface area (Å²) in [5.41, 5.74) is -1.54. The number of halogens is 2. The first kappa shape index (κ1) is 22.9. The number of nitrogens with one attached hydrogen (secondary N) is 1. The second-order valence-electron chi connectivity index (χ2n) is 8.31. The molecule has 2 aliphatic rings. The average molecular weight is 461 g/mol. The number of rotatable bonds is 7. The Morgan fingerprint density at radius 3 is 2.76 bits per heavy atom. The van der Waals surface area contributed by atoms with Crippen molar-refractivity contribution in [3.8, 4) is 5.75 Å². The van der Waals surface area contributed by atoms with Gasteiger partial charge in [0.2, 0.25) is 5.43 Å². The van der Waals surface area contributed by atoms with E-state index in [1.165, 1.54) is 21.7 Å². The largest absolute Gasteiger partial charge is 0.503 e. The number of aromatic hydroxyl groups is 1. The minimum atomic E-state index is -0.996. The second-order valence-corrected chi connectivity index (χ2v) is 8.31. The van der Waals surface area contributed by atoms with Crippen molar-refractivity contribution in [3.05, 3.63) is 63.1 Å². The van der Waals surface area contributed by atoms with E-state index < -0.39 is 46.4 Å². The molecule has 10 heteroatoms. The second kappa shape index (κ2) is 9.30. The van der Waals surface area contributed by atoms with E-state index in [4.69, 9.17) is 4.74 Å². The highest BCUT2D eigenvalue weighted by Gasteiger charge is 2.42. The molecule has 1 aromatic heterocycles. The van der Waals surface area contributed by atoms with Gasteiger partial charge in [0.05, 0.1) is 12.6 Å². The van der Waals surface area contributed by atoms with Gasteiger partial charge in [0.15, 0.2) is 17.7 Å². The molecule has 4 rings (SSSR count). The van der Waals surface area contributed by atoms with Crippen LogP contribution in [0.2, 0.25) is 0 Å². The van der Waals surface area contributed by atoms with Crippen LogP contribution < -0.4 is 10.7 Å². The van der Waals surface area contributed by atoms with Gasteiger partial charge in [-0.15, -0.1) is 0 Å². The number of aromatic nitrogens is 1. The Bertz CT molecular complexity index is 1150. The molecule has 2 atom stereocenters. The van der Waals surface area contributed by atoms with E-state index in [-0.39, 0.29) is 30.5 Å². The van der Waals surface area contributed by atoms with Crippen LogP contribution in [0.15, 0.2) is 29.2 Å². The molecule has 1 fully saturated rings. The van der Waals surface area contributed by atoms with Gasteiger partial charge in [-0.3, -0.25) is 14.4 Å². The molecule has 2 aromatic rings. The number of fused-ring (bicyclic) bond motifs is 2. The summed E-state index contributed by atoms with van der Waals surface area (Å²) in [6.45, 7) is 2.35. The number of carbonyl (C=O) groups is 2. The number of unbranched alkanes of at least 4 members (excludes halogenated alkanes) is 2. The van der Waals surface area contributed by atoms with Gasteiger partial charge in [-0.1, -0.05) is 32.3 Å². The van der Waals surface area contributed by atoms with Gasteiger partial charge in [-0.2, -0.15) is 0 Å². The van der Waals surface area contributed by atoms with Crippen LogP contribution in [0.5, 0.6) is 5.75 Å². The average Bonchev–Trinajstić information content (AvgIpc) is 3.18. The summed E-state index contributed by atoms with van der Waals surface area (Å²) >= 11 is 0. The van der Waals surface area contributed by atoms with Crippen LogP contribution in [0.25, 0.3) is 0 Å². The molecule has 1 aromatic carbocycles. The fraction of sp³-hybridized carbons (Fsp3) is 0.435. The first-order chi connectivity index (χ1) is 15.8. The molecule has 0 aliphatic carbocycles. The van der Waals surface area contributed by atoms with Gasteiger partial charge in [-0.05, 0) is 12.5 Å². The van der Waals surface area contributed by atoms with Gasteiger partial charge in [0, 0.05) is 30.9 Å². The zero-order valence-electron chi connectivity index (χ0n) is 18.1. The van der Waals surface area contributed by atoms with Crippen molar-refractivity contribution in [1.29, 1.82) is 0 Å². The summed E-state index contributed by atoms with van der Waals surface area (Å²) in [6.07, 6.45) is 4.45. The fourth-order valence-electron chi connectivity index (χ4n) is 4.23. The highest BCUT2D eigenvalue weighted by Crippen LogP contribution is 2.30. The van der Waals surface area contributed by atoms with Crippen molar-refractivity contribution in [1.82, 2.24) is 14.8 Å². The Morgan fingerprint density at radius 2 is 2.03 bits per heavy atom. The number of benzene rings is 1. The SMILES string of the molecule is CCCCC[C@H]1CN2C(=O)c3c(O)c(=O)c(C(=O)NCc4ccc(F)cc4F)cn3CC2O1. The molecule has 0 spiro atoms. The summed E-state index contributed by atoms with van der Waals surface area (Å²) < 4.78 is 34.2. The van der Waals surface area contributed by atoms with Gasteiger partial charge in [-0.25, -0.2) is 8.78 Å². The number of ether oxygens (including phenoxy) is 1. The van der Waals surface area contributed by atoms with Gasteiger partial charge in [0.1, 0.15) is 17.2 Å². The first-order valence-corrected chi connectivity index (χ1v) is 10.9. The zero-order valence-corrected chi connectivity index (χ0v) is 18.1. The van der Waals surface area contributed by atoms with Gasteiger partial charge < -0.3 is 24.6 Å². The predicted molar refractivity (Wildman–Crippen MR) is 114 cm³/mol. The maximum atomic E-state index is 13.8. The molecule has 2 N–H and O–H groups in total. The summed E-state index contributed by atoms with van der Waals surface area (Å²) in [7, 11) is 0.